The topological polar surface area (TPSA) is 48.1 Å². The number of hydrogen-bond acceptors (Lipinski definition) is 4. The summed E-state index contributed by atoms with van der Waals surface area (Å²) in [4.78, 5) is 11.8. The lowest BCUT2D eigenvalue weighted by Gasteiger charge is -2.27. The van der Waals surface area contributed by atoms with Crippen LogP contribution in [0.2, 0.25) is 0 Å². The molecule has 0 aliphatic carbocycles. The Morgan fingerprint density at radius 3 is 1.92 bits per heavy atom. The van der Waals surface area contributed by atoms with E-state index in [9.17, 15) is 0 Å². The van der Waals surface area contributed by atoms with Crippen molar-refractivity contribution in [1.29, 1.82) is 0 Å². The monoisotopic (exact) mass is 935 g/mol. The maximum absolute atomic E-state index is 8.79. The highest BCUT2D eigenvalue weighted by atomic mass is 16.5. The van der Waals surface area contributed by atoms with Crippen molar-refractivity contribution in [3.63, 3.8) is 0 Å². The molecule has 0 amide bonds. The van der Waals surface area contributed by atoms with Crippen molar-refractivity contribution < 1.29 is 17.1 Å². The van der Waals surface area contributed by atoms with Crippen molar-refractivity contribution >= 4 is 76.5 Å². The number of anilines is 2. The molecule has 4 aromatic heterocycles. The van der Waals surface area contributed by atoms with Gasteiger partial charge < -0.3 is 14.2 Å². The molecule has 7 aromatic carbocycles. The summed E-state index contributed by atoms with van der Waals surface area (Å²) in [6.07, 6.45) is 5.58. The Balaban J connectivity index is 1.08. The van der Waals surface area contributed by atoms with Crippen molar-refractivity contribution in [2.75, 3.05) is 4.90 Å². The fourth-order valence-electron chi connectivity index (χ4n) is 10.6. The van der Waals surface area contributed by atoms with Gasteiger partial charge in [0, 0.05) is 81.2 Å². The zero-order valence-corrected chi connectivity index (χ0v) is 40.7. The van der Waals surface area contributed by atoms with Gasteiger partial charge in [0.2, 0.25) is 0 Å². The maximum Gasteiger partial charge on any atom is 0.137 e. The number of pyridine rings is 2. The number of aromatic nitrogens is 4. The summed E-state index contributed by atoms with van der Waals surface area (Å²) in [5, 5.41) is 7.73. The molecular weight excluding hydrogens is 867 g/mol. The Hall–Kier alpha value is -7.96. The number of rotatable bonds is 5. The number of hydrogen-bond donors (Lipinski definition) is 0. The molecule has 1 aliphatic heterocycles. The lowest BCUT2D eigenvalue weighted by molar-refractivity contribution is 0.483. The van der Waals surface area contributed by atoms with E-state index >= 15 is 0 Å². The van der Waals surface area contributed by atoms with Crippen LogP contribution in [0.3, 0.4) is 0 Å². The van der Waals surface area contributed by atoms with Crippen molar-refractivity contribution in [2.24, 2.45) is 0 Å². The third-order valence-electron chi connectivity index (χ3n) is 14.2. The van der Waals surface area contributed by atoms with Crippen LogP contribution in [0.25, 0.3) is 82.1 Å². The zero-order chi connectivity index (χ0) is 56.5. The van der Waals surface area contributed by atoms with Gasteiger partial charge in [-0.2, -0.15) is 0 Å². The highest BCUT2D eigenvalue weighted by Crippen LogP contribution is 2.46. The summed E-state index contributed by atoms with van der Waals surface area (Å²) in [6, 6.07) is 54.2. The molecule has 6 nitrogen and oxygen atoms in total. The van der Waals surface area contributed by atoms with Crippen molar-refractivity contribution in [3.05, 3.63) is 199 Å². The second-order valence-corrected chi connectivity index (χ2v) is 20.9. The van der Waals surface area contributed by atoms with E-state index in [1.165, 1.54) is 17.7 Å². The summed E-state index contributed by atoms with van der Waals surface area (Å²) >= 11 is 0. The van der Waals surface area contributed by atoms with E-state index in [0.717, 1.165) is 82.3 Å². The first-order valence-corrected chi connectivity index (χ1v) is 24.1. The molecule has 0 radical (unpaired) electrons. The number of ether oxygens (including phenoxy) is 1. The van der Waals surface area contributed by atoms with Crippen LogP contribution in [0.4, 0.5) is 11.4 Å². The van der Waals surface area contributed by atoms with Gasteiger partial charge in [-0.15, -0.1) is 0 Å². The lowest BCUT2D eigenvalue weighted by Crippen LogP contribution is -2.17. The molecule has 5 heterocycles. The zero-order valence-electron chi connectivity index (χ0n) is 49.7. The van der Waals surface area contributed by atoms with Crippen LogP contribution in [-0.4, -0.2) is 19.1 Å². The molecule has 12 rings (SSSR count). The van der Waals surface area contributed by atoms with Gasteiger partial charge in [-0.05, 0) is 109 Å². The molecule has 0 spiro atoms. The summed E-state index contributed by atoms with van der Waals surface area (Å²) < 4.78 is 90.5. The molecule has 0 fully saturated rings. The van der Waals surface area contributed by atoms with E-state index < -0.39 is 31.4 Å². The first kappa shape index (κ1) is 35.2. The van der Waals surface area contributed by atoms with Crippen LogP contribution in [0.1, 0.15) is 91.1 Å². The highest BCUT2D eigenvalue weighted by Gasteiger charge is 2.28. The van der Waals surface area contributed by atoms with Crippen LogP contribution < -0.4 is 9.64 Å². The van der Waals surface area contributed by atoms with E-state index in [1.54, 1.807) is 6.20 Å². The Morgan fingerprint density at radius 2 is 1.14 bits per heavy atom. The molecule has 0 bridgehead atoms. The Kier molecular flexibility index (Phi) is 8.08. The molecule has 11 aromatic rings. The number of benzene rings is 7. The minimum atomic E-state index is -3.47. The Bertz CT molecular complexity index is 4350. The lowest BCUT2D eigenvalue weighted by atomic mass is 9.78. The minimum Gasteiger partial charge on any atom is -0.457 e. The maximum atomic E-state index is 8.79. The van der Waals surface area contributed by atoms with Gasteiger partial charge in [0.25, 0.3) is 0 Å². The molecule has 71 heavy (non-hydrogen) atoms. The van der Waals surface area contributed by atoms with Crippen molar-refractivity contribution in [3.8, 4) is 28.4 Å². The standard InChI is InChI=1S/C65H59N5O/c1-63(2,3)42-29-32-67-60(36-42)70-57-25-13-12-21-52(57)53-28-27-47(38-59(53)70)71-46-18-14-17-45(37-46)68-40-69-61-48(41-33-43(64(4,5)6)35-44(34-41)65(7,8)9)22-15-23-54(61)50-20-11-10-19-49(50)51-30-31-66-39-56(51)55-24-16-26-58(68)62(55)69/h10-39H,40H2,1-9H3/i4D3,5D3,6D3. The largest absolute Gasteiger partial charge is 0.457 e. The SMILES string of the molecule is [2H]C([2H])([2H])C(c1cc(-c2cccc3c4ccccc4c4ccncc4c4cccc5c4n(c23)CN5c2cccc(Oc3ccc4c5ccccc5n(-c5cc(C(C)(C)C)ccn5)c4c3)c2)cc(C(C)(C)C)c1)(C([2H])([2H])[2H])C([2H])([2H])[2H]. The fraction of sp³-hybridized carbons (Fsp3) is 0.200. The molecule has 0 N–H and O–H groups in total. The van der Waals surface area contributed by atoms with E-state index in [-0.39, 0.29) is 11.0 Å². The average Bonchev–Trinajstić information content (AvgIpc) is 3.97. The first-order chi connectivity index (χ1) is 37.8. The van der Waals surface area contributed by atoms with Gasteiger partial charge in [0.1, 0.15) is 24.0 Å². The van der Waals surface area contributed by atoms with Gasteiger partial charge >= 0.3 is 0 Å². The third kappa shape index (κ3) is 7.56. The predicted octanol–water partition coefficient (Wildman–Crippen LogP) is 17.6. The normalized spacial score (nSPS) is 15.5. The fourth-order valence-corrected chi connectivity index (χ4v) is 10.6. The molecule has 0 atom stereocenters. The Morgan fingerprint density at radius 1 is 0.493 bits per heavy atom. The molecule has 350 valence electrons. The summed E-state index contributed by atoms with van der Waals surface area (Å²) in [5.74, 6) is 2.09. The van der Waals surface area contributed by atoms with E-state index in [0.29, 0.717) is 34.9 Å². The quantitative estimate of drug-likeness (QED) is 0.173. The first-order valence-electron chi connectivity index (χ1n) is 28.6. The van der Waals surface area contributed by atoms with Gasteiger partial charge in [-0.1, -0.05) is 159 Å². The predicted molar refractivity (Wildman–Crippen MR) is 299 cm³/mol. The number of fused-ring (bicyclic) bond motifs is 10. The highest BCUT2D eigenvalue weighted by molar-refractivity contribution is 6.22. The van der Waals surface area contributed by atoms with Gasteiger partial charge in [-0.25, -0.2) is 4.98 Å². The average molecular weight is 935 g/mol. The molecule has 6 heteroatoms. The van der Waals surface area contributed by atoms with Crippen LogP contribution >= 0.6 is 0 Å². The van der Waals surface area contributed by atoms with Crippen LogP contribution in [0.5, 0.6) is 11.5 Å². The van der Waals surface area contributed by atoms with Crippen LogP contribution in [0, 0.1) is 0 Å². The van der Waals surface area contributed by atoms with E-state index in [4.69, 9.17) is 27.0 Å². The Labute approximate surface area is 428 Å². The van der Waals surface area contributed by atoms with Gasteiger partial charge in [0.05, 0.1) is 27.8 Å². The van der Waals surface area contributed by atoms with Gasteiger partial charge in [0.15, 0.2) is 0 Å². The second-order valence-electron chi connectivity index (χ2n) is 20.9. The number of para-hydroxylation sites is 3. The molecular formula is C65H59N5O. The van der Waals surface area contributed by atoms with Crippen molar-refractivity contribution in [1.82, 2.24) is 19.1 Å². The molecule has 0 unspecified atom stereocenters. The third-order valence-corrected chi connectivity index (χ3v) is 14.2. The minimum absolute atomic E-state index is 0.0803. The van der Waals surface area contributed by atoms with Crippen molar-refractivity contribution in [2.45, 2.75) is 85.0 Å². The second kappa shape index (κ2) is 16.3. The summed E-state index contributed by atoms with van der Waals surface area (Å²) in [7, 11) is 0. The van der Waals surface area contributed by atoms with Crippen LogP contribution in [0.15, 0.2) is 182 Å². The van der Waals surface area contributed by atoms with E-state index in [2.05, 4.69) is 120 Å². The molecule has 0 saturated carbocycles. The molecule has 0 saturated heterocycles. The molecule has 1 aliphatic rings. The summed E-state index contributed by atoms with van der Waals surface area (Å²) in [5.41, 5.74) is 3.99. The van der Waals surface area contributed by atoms with Crippen LogP contribution in [-0.2, 0) is 22.9 Å². The van der Waals surface area contributed by atoms with E-state index in [1.807, 2.05) is 99.9 Å². The van der Waals surface area contributed by atoms with Gasteiger partial charge in [-0.3, -0.25) is 9.55 Å². The smallest absolute Gasteiger partial charge is 0.137 e. The summed E-state index contributed by atoms with van der Waals surface area (Å²) in [6.45, 7) is 2.32. The number of nitrogens with zero attached hydrogens (tertiary/aromatic N) is 5.